The Hall–Kier alpha value is -2.69. The van der Waals surface area contributed by atoms with Gasteiger partial charge in [0.2, 0.25) is 5.95 Å². The molecule has 1 heterocycles. The Balaban J connectivity index is 2.00. The molecule has 0 aliphatic rings. The molecular formula is C17H20N4O. The largest absolute Gasteiger partial charge is 0.351 e. The van der Waals surface area contributed by atoms with Gasteiger partial charge in [0.05, 0.1) is 5.56 Å². The summed E-state index contributed by atoms with van der Waals surface area (Å²) < 4.78 is 0. The van der Waals surface area contributed by atoms with Crippen LogP contribution in [-0.2, 0) is 0 Å². The Labute approximate surface area is 130 Å². The third-order valence-corrected chi connectivity index (χ3v) is 3.15. The molecule has 5 heteroatoms. The molecule has 1 aromatic heterocycles. The Bertz CT molecular complexity index is 633. The number of hydrogen-bond donors (Lipinski definition) is 2. The highest BCUT2D eigenvalue weighted by atomic mass is 16.1. The van der Waals surface area contributed by atoms with Crippen molar-refractivity contribution in [2.24, 2.45) is 0 Å². The van der Waals surface area contributed by atoms with Crippen LogP contribution in [0.25, 0.3) is 0 Å². The third kappa shape index (κ3) is 4.15. The van der Waals surface area contributed by atoms with E-state index in [1.165, 1.54) is 18.0 Å². The van der Waals surface area contributed by atoms with Crippen LogP contribution in [0.4, 0.5) is 11.6 Å². The standard InChI is InChI=1S/C17H20N4O/c1-4-9-18-17-19-10-14(11-20-17)16(22)21-15-7-5-13(6-8-15)12(2)3/h4-8,10-12H,1,9H2,2-3H3,(H,21,22)(H,18,19,20). The van der Waals surface area contributed by atoms with Crippen molar-refractivity contribution in [2.75, 3.05) is 17.2 Å². The molecule has 2 N–H and O–H groups in total. The zero-order chi connectivity index (χ0) is 15.9. The summed E-state index contributed by atoms with van der Waals surface area (Å²) in [6, 6.07) is 7.82. The van der Waals surface area contributed by atoms with E-state index in [4.69, 9.17) is 0 Å². The van der Waals surface area contributed by atoms with Crippen LogP contribution in [0, 0.1) is 0 Å². The maximum Gasteiger partial charge on any atom is 0.258 e. The summed E-state index contributed by atoms with van der Waals surface area (Å²) in [7, 11) is 0. The van der Waals surface area contributed by atoms with Gasteiger partial charge < -0.3 is 10.6 Å². The first kappa shape index (κ1) is 15.7. The SMILES string of the molecule is C=CCNc1ncc(C(=O)Nc2ccc(C(C)C)cc2)cn1. The quantitative estimate of drug-likeness (QED) is 0.801. The summed E-state index contributed by atoms with van der Waals surface area (Å²) in [5, 5.41) is 5.79. The van der Waals surface area contributed by atoms with Crippen molar-refractivity contribution < 1.29 is 4.79 Å². The van der Waals surface area contributed by atoms with Gasteiger partial charge in [-0.2, -0.15) is 0 Å². The second kappa shape index (κ2) is 7.36. The lowest BCUT2D eigenvalue weighted by Gasteiger charge is -2.08. The third-order valence-electron chi connectivity index (χ3n) is 3.15. The number of hydrogen-bond acceptors (Lipinski definition) is 4. The molecule has 2 aromatic rings. The Morgan fingerprint density at radius 2 is 1.86 bits per heavy atom. The van der Waals surface area contributed by atoms with E-state index in [1.807, 2.05) is 24.3 Å². The van der Waals surface area contributed by atoms with Crippen molar-refractivity contribution in [3.63, 3.8) is 0 Å². The van der Waals surface area contributed by atoms with Crippen molar-refractivity contribution in [1.29, 1.82) is 0 Å². The first-order valence-electron chi connectivity index (χ1n) is 7.18. The van der Waals surface area contributed by atoms with Gasteiger partial charge in [0.25, 0.3) is 5.91 Å². The van der Waals surface area contributed by atoms with E-state index in [2.05, 4.69) is 41.0 Å². The summed E-state index contributed by atoms with van der Waals surface area (Å²) in [6.07, 6.45) is 4.71. The fraction of sp³-hybridized carbons (Fsp3) is 0.235. The zero-order valence-corrected chi connectivity index (χ0v) is 12.8. The summed E-state index contributed by atoms with van der Waals surface area (Å²) in [6.45, 7) is 8.44. The van der Waals surface area contributed by atoms with Crippen LogP contribution in [0.5, 0.6) is 0 Å². The predicted molar refractivity (Wildman–Crippen MR) is 89.2 cm³/mol. The van der Waals surface area contributed by atoms with Crippen LogP contribution in [0.3, 0.4) is 0 Å². The number of aromatic nitrogens is 2. The van der Waals surface area contributed by atoms with Gasteiger partial charge in [-0.25, -0.2) is 9.97 Å². The van der Waals surface area contributed by atoms with Crippen LogP contribution in [0.2, 0.25) is 0 Å². The van der Waals surface area contributed by atoms with Gasteiger partial charge in [0.15, 0.2) is 0 Å². The minimum Gasteiger partial charge on any atom is -0.351 e. The lowest BCUT2D eigenvalue weighted by molar-refractivity contribution is 0.102. The van der Waals surface area contributed by atoms with Crippen LogP contribution >= 0.6 is 0 Å². The van der Waals surface area contributed by atoms with E-state index in [1.54, 1.807) is 6.08 Å². The maximum atomic E-state index is 12.1. The number of rotatable bonds is 6. The average molecular weight is 296 g/mol. The van der Waals surface area contributed by atoms with Crippen LogP contribution in [0.15, 0.2) is 49.3 Å². The van der Waals surface area contributed by atoms with Gasteiger partial charge in [-0.3, -0.25) is 4.79 Å². The molecule has 22 heavy (non-hydrogen) atoms. The smallest absolute Gasteiger partial charge is 0.258 e. The maximum absolute atomic E-state index is 12.1. The molecule has 1 amide bonds. The number of carbonyl (C=O) groups is 1. The molecule has 0 saturated carbocycles. The number of amides is 1. The molecule has 5 nitrogen and oxygen atoms in total. The number of anilines is 2. The minimum atomic E-state index is -0.229. The summed E-state index contributed by atoms with van der Waals surface area (Å²) in [4.78, 5) is 20.3. The van der Waals surface area contributed by atoms with E-state index >= 15 is 0 Å². The monoisotopic (exact) mass is 296 g/mol. The molecule has 1 aromatic carbocycles. The van der Waals surface area contributed by atoms with E-state index in [-0.39, 0.29) is 5.91 Å². The molecule has 2 rings (SSSR count). The van der Waals surface area contributed by atoms with Gasteiger partial charge in [0.1, 0.15) is 0 Å². The first-order valence-corrected chi connectivity index (χ1v) is 7.18. The number of carbonyl (C=O) groups excluding carboxylic acids is 1. The summed E-state index contributed by atoms with van der Waals surface area (Å²) in [5.74, 6) is 0.707. The molecule has 0 spiro atoms. The molecule has 0 atom stereocenters. The molecule has 0 bridgehead atoms. The van der Waals surface area contributed by atoms with Crippen LogP contribution in [-0.4, -0.2) is 22.4 Å². The number of benzene rings is 1. The molecule has 0 radical (unpaired) electrons. The Kier molecular flexibility index (Phi) is 5.25. The highest BCUT2D eigenvalue weighted by molar-refractivity contribution is 6.03. The van der Waals surface area contributed by atoms with E-state index < -0.39 is 0 Å². The molecule has 0 aliphatic heterocycles. The van der Waals surface area contributed by atoms with Crippen LogP contribution < -0.4 is 10.6 Å². The van der Waals surface area contributed by atoms with E-state index in [9.17, 15) is 4.79 Å². The van der Waals surface area contributed by atoms with Crippen molar-refractivity contribution in [3.05, 3.63) is 60.4 Å². The molecule has 0 aliphatic carbocycles. The minimum absolute atomic E-state index is 0.229. The summed E-state index contributed by atoms with van der Waals surface area (Å²) >= 11 is 0. The van der Waals surface area contributed by atoms with Gasteiger partial charge in [-0.15, -0.1) is 6.58 Å². The topological polar surface area (TPSA) is 66.9 Å². The normalized spacial score (nSPS) is 10.3. The Morgan fingerprint density at radius 3 is 2.41 bits per heavy atom. The summed E-state index contributed by atoms with van der Waals surface area (Å²) in [5.41, 5.74) is 2.40. The first-order chi connectivity index (χ1) is 10.6. The Morgan fingerprint density at radius 1 is 1.23 bits per heavy atom. The van der Waals surface area contributed by atoms with Gasteiger partial charge in [-0.1, -0.05) is 32.1 Å². The zero-order valence-electron chi connectivity index (χ0n) is 12.8. The molecule has 0 unspecified atom stereocenters. The second-order valence-electron chi connectivity index (χ2n) is 5.20. The number of nitrogens with zero attached hydrogens (tertiary/aromatic N) is 2. The fourth-order valence-corrected chi connectivity index (χ4v) is 1.85. The predicted octanol–water partition coefficient (Wildman–Crippen LogP) is 3.45. The average Bonchev–Trinajstić information content (AvgIpc) is 2.54. The fourth-order valence-electron chi connectivity index (χ4n) is 1.85. The van der Waals surface area contributed by atoms with Crippen molar-refractivity contribution in [2.45, 2.75) is 19.8 Å². The van der Waals surface area contributed by atoms with Gasteiger partial charge >= 0.3 is 0 Å². The molecule has 0 saturated heterocycles. The molecular weight excluding hydrogens is 276 g/mol. The second-order valence-corrected chi connectivity index (χ2v) is 5.20. The number of nitrogens with one attached hydrogen (secondary N) is 2. The van der Waals surface area contributed by atoms with Gasteiger partial charge in [0, 0.05) is 24.6 Å². The van der Waals surface area contributed by atoms with E-state index in [0.29, 0.717) is 24.0 Å². The highest BCUT2D eigenvalue weighted by Crippen LogP contribution is 2.17. The van der Waals surface area contributed by atoms with Crippen molar-refractivity contribution in [3.8, 4) is 0 Å². The van der Waals surface area contributed by atoms with Crippen molar-refractivity contribution in [1.82, 2.24) is 9.97 Å². The molecule has 114 valence electrons. The lowest BCUT2D eigenvalue weighted by Crippen LogP contribution is -2.13. The van der Waals surface area contributed by atoms with Crippen molar-refractivity contribution >= 4 is 17.5 Å². The van der Waals surface area contributed by atoms with Gasteiger partial charge in [-0.05, 0) is 23.6 Å². The van der Waals surface area contributed by atoms with Crippen LogP contribution in [0.1, 0.15) is 35.7 Å². The lowest BCUT2D eigenvalue weighted by atomic mass is 10.0. The van der Waals surface area contributed by atoms with E-state index in [0.717, 1.165) is 5.69 Å². The molecule has 0 fully saturated rings. The highest BCUT2D eigenvalue weighted by Gasteiger charge is 2.08.